The SMILES string of the molecule is CCCCn1c(=O)[nH]c2c[c]ccc21. The van der Waals surface area contributed by atoms with Gasteiger partial charge in [0.1, 0.15) is 0 Å². The standard InChI is InChI=1S/C11H13N2O/c1-2-3-8-13-10-7-5-4-6-9(10)12-11(13)14/h5-7H,2-3,8H2,1H3,(H,12,14). The number of imidazole rings is 1. The van der Waals surface area contributed by atoms with Gasteiger partial charge in [0.25, 0.3) is 0 Å². The van der Waals surface area contributed by atoms with Gasteiger partial charge in [-0.3, -0.25) is 4.57 Å². The fraction of sp³-hybridized carbons (Fsp3) is 0.364. The summed E-state index contributed by atoms with van der Waals surface area (Å²) in [6.07, 6.45) is 2.13. The first-order valence-electron chi connectivity index (χ1n) is 4.91. The number of hydrogen-bond donors (Lipinski definition) is 1. The highest BCUT2D eigenvalue weighted by Crippen LogP contribution is 2.09. The van der Waals surface area contributed by atoms with Crippen LogP contribution in [-0.2, 0) is 6.54 Å². The molecule has 2 aromatic rings. The number of fused-ring (bicyclic) bond motifs is 1. The number of aryl methyl sites for hydroxylation is 1. The monoisotopic (exact) mass is 189 g/mol. The van der Waals surface area contributed by atoms with Gasteiger partial charge in [-0.25, -0.2) is 4.79 Å². The Morgan fingerprint density at radius 3 is 3.21 bits per heavy atom. The third kappa shape index (κ3) is 1.45. The second-order valence-electron chi connectivity index (χ2n) is 3.38. The normalized spacial score (nSPS) is 10.9. The fourth-order valence-electron chi connectivity index (χ4n) is 1.59. The molecule has 3 nitrogen and oxygen atoms in total. The molecule has 0 bridgehead atoms. The molecule has 0 fully saturated rings. The molecule has 0 atom stereocenters. The van der Waals surface area contributed by atoms with Crippen molar-refractivity contribution in [1.82, 2.24) is 9.55 Å². The lowest BCUT2D eigenvalue weighted by molar-refractivity contribution is 0.629. The van der Waals surface area contributed by atoms with E-state index in [4.69, 9.17) is 0 Å². The molecule has 0 saturated heterocycles. The minimum Gasteiger partial charge on any atom is -0.306 e. The number of nitrogens with one attached hydrogen (secondary N) is 1. The van der Waals surface area contributed by atoms with E-state index in [1.54, 1.807) is 10.6 Å². The Hall–Kier alpha value is -1.51. The van der Waals surface area contributed by atoms with Crippen molar-refractivity contribution >= 4 is 11.0 Å². The summed E-state index contributed by atoms with van der Waals surface area (Å²) in [5.41, 5.74) is 1.82. The maximum Gasteiger partial charge on any atom is 0.326 e. The van der Waals surface area contributed by atoms with Crippen LogP contribution < -0.4 is 5.69 Å². The summed E-state index contributed by atoms with van der Waals surface area (Å²) < 4.78 is 1.78. The Morgan fingerprint density at radius 1 is 1.57 bits per heavy atom. The van der Waals surface area contributed by atoms with Gasteiger partial charge in [-0.1, -0.05) is 19.4 Å². The average molecular weight is 189 g/mol. The summed E-state index contributed by atoms with van der Waals surface area (Å²) in [6, 6.07) is 8.50. The lowest BCUT2D eigenvalue weighted by Crippen LogP contribution is -2.16. The van der Waals surface area contributed by atoms with E-state index >= 15 is 0 Å². The molecular weight excluding hydrogens is 176 g/mol. The summed E-state index contributed by atoms with van der Waals surface area (Å²) in [5, 5.41) is 0. The predicted octanol–water partition coefficient (Wildman–Crippen LogP) is 1.93. The molecule has 1 heterocycles. The number of H-pyrrole nitrogens is 1. The van der Waals surface area contributed by atoms with Gasteiger partial charge in [0.15, 0.2) is 0 Å². The molecule has 73 valence electrons. The number of unbranched alkanes of at least 4 members (excludes halogenated alkanes) is 1. The van der Waals surface area contributed by atoms with Crippen LogP contribution in [0.2, 0.25) is 0 Å². The Labute approximate surface area is 82.4 Å². The quantitative estimate of drug-likeness (QED) is 0.787. The van der Waals surface area contributed by atoms with E-state index in [0.717, 1.165) is 30.4 Å². The van der Waals surface area contributed by atoms with Crippen molar-refractivity contribution in [3.8, 4) is 0 Å². The van der Waals surface area contributed by atoms with Crippen LogP contribution in [0.15, 0.2) is 23.0 Å². The molecule has 1 radical (unpaired) electrons. The molecule has 0 aliphatic carbocycles. The highest BCUT2D eigenvalue weighted by molar-refractivity contribution is 5.74. The smallest absolute Gasteiger partial charge is 0.306 e. The van der Waals surface area contributed by atoms with Crippen molar-refractivity contribution in [1.29, 1.82) is 0 Å². The second kappa shape index (κ2) is 3.70. The zero-order chi connectivity index (χ0) is 9.97. The molecule has 2 rings (SSSR count). The van der Waals surface area contributed by atoms with Crippen LogP contribution in [0.4, 0.5) is 0 Å². The molecule has 1 aromatic heterocycles. The number of rotatable bonds is 3. The molecule has 3 heteroatoms. The van der Waals surface area contributed by atoms with Gasteiger partial charge < -0.3 is 4.98 Å². The van der Waals surface area contributed by atoms with Crippen molar-refractivity contribution in [3.63, 3.8) is 0 Å². The number of hydrogen-bond acceptors (Lipinski definition) is 1. The van der Waals surface area contributed by atoms with Crippen LogP contribution in [0, 0.1) is 6.07 Å². The lowest BCUT2D eigenvalue weighted by atomic mass is 10.3. The first kappa shape index (κ1) is 9.06. The minimum atomic E-state index is -0.0203. The number of aromatic amines is 1. The largest absolute Gasteiger partial charge is 0.326 e. The van der Waals surface area contributed by atoms with E-state index < -0.39 is 0 Å². The van der Waals surface area contributed by atoms with Crippen molar-refractivity contribution in [2.45, 2.75) is 26.3 Å². The highest BCUT2D eigenvalue weighted by atomic mass is 16.1. The second-order valence-corrected chi connectivity index (χ2v) is 3.38. The third-order valence-corrected chi connectivity index (χ3v) is 2.35. The summed E-state index contributed by atoms with van der Waals surface area (Å²) in [5.74, 6) is 0. The molecule has 0 unspecified atom stereocenters. The number of nitrogens with zero attached hydrogens (tertiary/aromatic N) is 1. The van der Waals surface area contributed by atoms with E-state index in [1.807, 2.05) is 12.1 Å². The minimum absolute atomic E-state index is 0.0203. The van der Waals surface area contributed by atoms with Crippen LogP contribution in [0.5, 0.6) is 0 Å². The predicted molar refractivity (Wildman–Crippen MR) is 56.3 cm³/mol. The molecule has 1 aromatic carbocycles. The Kier molecular flexibility index (Phi) is 2.39. The van der Waals surface area contributed by atoms with Gasteiger partial charge in [0.2, 0.25) is 0 Å². The maximum atomic E-state index is 11.5. The van der Waals surface area contributed by atoms with E-state index in [2.05, 4.69) is 18.0 Å². The van der Waals surface area contributed by atoms with Gasteiger partial charge >= 0.3 is 5.69 Å². The zero-order valence-corrected chi connectivity index (χ0v) is 8.21. The third-order valence-electron chi connectivity index (χ3n) is 2.35. The van der Waals surface area contributed by atoms with Crippen LogP contribution >= 0.6 is 0 Å². The first-order valence-corrected chi connectivity index (χ1v) is 4.91. The van der Waals surface area contributed by atoms with Crippen LogP contribution in [0.1, 0.15) is 19.8 Å². The molecule has 0 aliphatic rings. The molecule has 14 heavy (non-hydrogen) atoms. The van der Waals surface area contributed by atoms with E-state index in [0.29, 0.717) is 0 Å². The average Bonchev–Trinajstić information content (AvgIpc) is 2.51. The van der Waals surface area contributed by atoms with Crippen LogP contribution in [-0.4, -0.2) is 9.55 Å². The van der Waals surface area contributed by atoms with E-state index in [9.17, 15) is 4.79 Å². The number of benzene rings is 1. The van der Waals surface area contributed by atoms with Gasteiger partial charge in [-0.15, -0.1) is 0 Å². The van der Waals surface area contributed by atoms with Gasteiger partial charge in [-0.2, -0.15) is 0 Å². The summed E-state index contributed by atoms with van der Waals surface area (Å²) >= 11 is 0. The fourth-order valence-corrected chi connectivity index (χ4v) is 1.59. The Balaban J connectivity index is 2.51. The molecule has 0 saturated carbocycles. The molecular formula is C11H13N2O. The first-order chi connectivity index (χ1) is 6.83. The highest BCUT2D eigenvalue weighted by Gasteiger charge is 2.03. The molecule has 1 N–H and O–H groups in total. The van der Waals surface area contributed by atoms with Gasteiger partial charge in [0, 0.05) is 6.54 Å². The van der Waals surface area contributed by atoms with Crippen LogP contribution in [0.25, 0.3) is 11.0 Å². The maximum absolute atomic E-state index is 11.5. The summed E-state index contributed by atoms with van der Waals surface area (Å²) in [6.45, 7) is 2.91. The molecule has 0 aliphatic heterocycles. The van der Waals surface area contributed by atoms with E-state index in [-0.39, 0.29) is 5.69 Å². The van der Waals surface area contributed by atoms with Crippen molar-refractivity contribution in [3.05, 3.63) is 34.7 Å². The van der Waals surface area contributed by atoms with Crippen LogP contribution in [0.3, 0.4) is 0 Å². The topological polar surface area (TPSA) is 37.8 Å². The van der Waals surface area contributed by atoms with Gasteiger partial charge in [0.05, 0.1) is 11.0 Å². The number of aromatic nitrogens is 2. The summed E-state index contributed by atoms with van der Waals surface area (Å²) in [4.78, 5) is 14.4. The lowest BCUT2D eigenvalue weighted by Gasteiger charge is -2.00. The van der Waals surface area contributed by atoms with Crippen molar-refractivity contribution in [2.24, 2.45) is 0 Å². The molecule has 0 spiro atoms. The summed E-state index contributed by atoms with van der Waals surface area (Å²) in [7, 11) is 0. The van der Waals surface area contributed by atoms with E-state index in [1.165, 1.54) is 0 Å². The zero-order valence-electron chi connectivity index (χ0n) is 8.21. The molecule has 0 amide bonds. The van der Waals surface area contributed by atoms with Crippen molar-refractivity contribution in [2.75, 3.05) is 0 Å². The van der Waals surface area contributed by atoms with Gasteiger partial charge in [-0.05, 0) is 24.6 Å². The Morgan fingerprint density at radius 2 is 2.43 bits per heavy atom. The van der Waals surface area contributed by atoms with Crippen molar-refractivity contribution < 1.29 is 0 Å². The Bertz CT molecular complexity index is 481.